The first-order valence-corrected chi connectivity index (χ1v) is 9.33. The van der Waals surface area contributed by atoms with Gasteiger partial charge in [-0.15, -0.1) is 0 Å². The van der Waals surface area contributed by atoms with Crippen molar-refractivity contribution >= 4 is 11.7 Å². The van der Waals surface area contributed by atoms with Crippen LogP contribution >= 0.6 is 0 Å². The summed E-state index contributed by atoms with van der Waals surface area (Å²) in [4.78, 5) is 26.9. The van der Waals surface area contributed by atoms with Crippen LogP contribution in [0, 0.1) is 5.92 Å². The number of benzene rings is 1. The van der Waals surface area contributed by atoms with Gasteiger partial charge in [0.1, 0.15) is 0 Å². The number of likely N-dealkylation sites (tertiary alicyclic amines) is 1. The van der Waals surface area contributed by atoms with Crippen molar-refractivity contribution in [3.8, 4) is 0 Å². The van der Waals surface area contributed by atoms with Crippen molar-refractivity contribution in [3.63, 3.8) is 0 Å². The van der Waals surface area contributed by atoms with Gasteiger partial charge in [-0.3, -0.25) is 14.5 Å². The van der Waals surface area contributed by atoms with Gasteiger partial charge >= 0.3 is 0 Å². The van der Waals surface area contributed by atoms with Crippen molar-refractivity contribution in [1.82, 2.24) is 10.2 Å². The number of nitrogens with one attached hydrogen (secondary N) is 1. The van der Waals surface area contributed by atoms with E-state index in [1.165, 1.54) is 19.3 Å². The van der Waals surface area contributed by atoms with Crippen LogP contribution in [0.25, 0.3) is 0 Å². The maximum Gasteiger partial charge on any atom is 0.234 e. The van der Waals surface area contributed by atoms with Crippen LogP contribution in [0.2, 0.25) is 0 Å². The summed E-state index contributed by atoms with van der Waals surface area (Å²) in [6, 6.07) is 9.93. The molecule has 2 fully saturated rings. The Bertz CT molecular complexity index is 544. The highest BCUT2D eigenvalue weighted by molar-refractivity contribution is 5.97. The molecule has 0 aromatic heterocycles. The number of carbonyl (C=O) groups excluding carboxylic acids is 2. The van der Waals surface area contributed by atoms with E-state index in [4.69, 9.17) is 0 Å². The van der Waals surface area contributed by atoms with Crippen LogP contribution in [0.3, 0.4) is 0 Å². The third kappa shape index (κ3) is 4.67. The molecule has 4 nitrogen and oxygen atoms in total. The minimum absolute atomic E-state index is 0.102. The Kier molecular flexibility index (Phi) is 6.02. The average Bonchev–Trinajstić information content (AvgIpc) is 2.63. The molecule has 4 heteroatoms. The van der Waals surface area contributed by atoms with Gasteiger partial charge in [0, 0.05) is 17.5 Å². The van der Waals surface area contributed by atoms with E-state index in [1.807, 2.05) is 30.3 Å². The van der Waals surface area contributed by atoms with Crippen molar-refractivity contribution in [2.75, 3.05) is 19.6 Å². The van der Waals surface area contributed by atoms with Crippen molar-refractivity contribution in [2.45, 2.75) is 51.0 Å². The molecule has 130 valence electrons. The molecule has 0 atom stereocenters. The molecule has 1 aliphatic heterocycles. The molecule has 1 saturated heterocycles. The maximum atomic E-state index is 12.5. The van der Waals surface area contributed by atoms with Crippen LogP contribution in [0.5, 0.6) is 0 Å². The van der Waals surface area contributed by atoms with Gasteiger partial charge in [-0.1, -0.05) is 49.6 Å². The summed E-state index contributed by atoms with van der Waals surface area (Å²) in [6.07, 6.45) is 7.72. The first-order chi connectivity index (χ1) is 11.7. The van der Waals surface area contributed by atoms with Gasteiger partial charge in [-0.05, 0) is 38.8 Å². The number of hydrogen-bond donors (Lipinski definition) is 1. The van der Waals surface area contributed by atoms with Crippen LogP contribution in [0.4, 0.5) is 0 Å². The molecule has 1 aromatic rings. The van der Waals surface area contributed by atoms with E-state index in [0.29, 0.717) is 12.6 Å². The third-order valence-corrected chi connectivity index (χ3v) is 5.35. The fourth-order valence-corrected chi connectivity index (χ4v) is 3.91. The summed E-state index contributed by atoms with van der Waals surface area (Å²) in [5, 5.41) is 3.18. The van der Waals surface area contributed by atoms with Crippen molar-refractivity contribution < 1.29 is 9.59 Å². The highest BCUT2D eigenvalue weighted by Gasteiger charge is 2.27. The smallest absolute Gasteiger partial charge is 0.234 e. The first-order valence-electron chi connectivity index (χ1n) is 9.33. The van der Waals surface area contributed by atoms with E-state index in [1.54, 1.807) is 0 Å². The Morgan fingerprint density at radius 1 is 0.958 bits per heavy atom. The number of rotatable bonds is 5. The number of nitrogens with zero attached hydrogens (tertiary/aromatic N) is 1. The van der Waals surface area contributed by atoms with Crippen LogP contribution in [-0.2, 0) is 4.79 Å². The average molecular weight is 328 g/mol. The van der Waals surface area contributed by atoms with Gasteiger partial charge in [0.15, 0.2) is 5.78 Å². The van der Waals surface area contributed by atoms with Gasteiger partial charge in [0.05, 0.1) is 6.54 Å². The molecule has 3 rings (SSSR count). The van der Waals surface area contributed by atoms with Crippen molar-refractivity contribution in [2.24, 2.45) is 5.92 Å². The minimum atomic E-state index is 0.102. The lowest BCUT2D eigenvalue weighted by atomic mass is 9.89. The fraction of sp³-hybridized carbons (Fsp3) is 0.600. The Hall–Kier alpha value is -1.68. The predicted octanol–water partition coefficient (Wildman–Crippen LogP) is 3.03. The molecule has 24 heavy (non-hydrogen) atoms. The monoisotopic (exact) mass is 328 g/mol. The Morgan fingerprint density at radius 3 is 2.29 bits per heavy atom. The van der Waals surface area contributed by atoms with Crippen LogP contribution in [0.1, 0.15) is 55.3 Å². The van der Waals surface area contributed by atoms with E-state index in [9.17, 15) is 9.59 Å². The molecular formula is C20H28N2O2. The van der Waals surface area contributed by atoms with Gasteiger partial charge < -0.3 is 5.32 Å². The second-order valence-corrected chi connectivity index (χ2v) is 7.18. The van der Waals surface area contributed by atoms with Gasteiger partial charge in [-0.25, -0.2) is 0 Å². The number of carbonyl (C=O) groups is 2. The maximum absolute atomic E-state index is 12.5. The highest BCUT2D eigenvalue weighted by atomic mass is 16.2. The zero-order valence-corrected chi connectivity index (χ0v) is 14.4. The SMILES string of the molecule is O=C(CN1CCC(C(=O)c2ccccc2)CC1)NC1CCCCC1. The van der Waals surface area contributed by atoms with Crippen LogP contribution in [0.15, 0.2) is 30.3 Å². The van der Waals surface area contributed by atoms with E-state index in [2.05, 4.69) is 10.2 Å². The molecule has 2 aliphatic rings. The van der Waals surface area contributed by atoms with Gasteiger partial charge in [0.25, 0.3) is 0 Å². The molecule has 0 bridgehead atoms. The van der Waals surface area contributed by atoms with E-state index >= 15 is 0 Å². The minimum Gasteiger partial charge on any atom is -0.352 e. The molecule has 1 heterocycles. The second kappa shape index (κ2) is 8.43. The van der Waals surface area contributed by atoms with Crippen LogP contribution < -0.4 is 5.32 Å². The molecule has 0 spiro atoms. The molecule has 1 aliphatic carbocycles. The molecule has 1 saturated carbocycles. The van der Waals surface area contributed by atoms with Crippen molar-refractivity contribution in [1.29, 1.82) is 0 Å². The Morgan fingerprint density at radius 2 is 1.62 bits per heavy atom. The largest absolute Gasteiger partial charge is 0.352 e. The third-order valence-electron chi connectivity index (χ3n) is 5.35. The summed E-state index contributed by atoms with van der Waals surface area (Å²) in [5.41, 5.74) is 0.811. The topological polar surface area (TPSA) is 49.4 Å². The molecule has 0 unspecified atom stereocenters. The summed E-state index contributed by atoms with van der Waals surface area (Å²) in [5.74, 6) is 0.502. The quantitative estimate of drug-likeness (QED) is 0.845. The van der Waals surface area contributed by atoms with E-state index < -0.39 is 0 Å². The standard InChI is InChI=1S/C20H28N2O2/c23-19(21-18-9-5-2-6-10-18)15-22-13-11-17(12-14-22)20(24)16-7-3-1-4-8-16/h1,3-4,7-8,17-18H,2,5-6,9-15H2,(H,21,23). The number of hydrogen-bond acceptors (Lipinski definition) is 3. The van der Waals surface area contributed by atoms with Crippen LogP contribution in [-0.4, -0.2) is 42.3 Å². The first kappa shape index (κ1) is 17.2. The summed E-state index contributed by atoms with van der Waals surface area (Å²) in [7, 11) is 0. The fourth-order valence-electron chi connectivity index (χ4n) is 3.91. The number of ketones is 1. The molecular weight excluding hydrogens is 300 g/mol. The normalized spacial score (nSPS) is 20.7. The Labute approximate surface area is 144 Å². The molecule has 1 N–H and O–H groups in total. The molecule has 1 aromatic carbocycles. The van der Waals surface area contributed by atoms with E-state index in [0.717, 1.165) is 44.3 Å². The Balaban J connectivity index is 1.41. The summed E-state index contributed by atoms with van der Waals surface area (Å²) >= 11 is 0. The van der Waals surface area contributed by atoms with Gasteiger partial charge in [0.2, 0.25) is 5.91 Å². The highest BCUT2D eigenvalue weighted by Crippen LogP contribution is 2.22. The predicted molar refractivity (Wildman–Crippen MR) is 95.0 cm³/mol. The lowest BCUT2D eigenvalue weighted by Crippen LogP contribution is -2.45. The summed E-state index contributed by atoms with van der Waals surface area (Å²) < 4.78 is 0. The zero-order valence-electron chi connectivity index (χ0n) is 14.4. The van der Waals surface area contributed by atoms with Gasteiger partial charge in [-0.2, -0.15) is 0 Å². The lowest BCUT2D eigenvalue weighted by molar-refractivity contribution is -0.123. The number of Topliss-reactive ketones (excluding diaryl/α,β-unsaturated/α-hetero) is 1. The molecule has 0 radical (unpaired) electrons. The molecule has 1 amide bonds. The lowest BCUT2D eigenvalue weighted by Gasteiger charge is -2.31. The zero-order chi connectivity index (χ0) is 16.8. The van der Waals surface area contributed by atoms with Crippen molar-refractivity contribution in [3.05, 3.63) is 35.9 Å². The number of piperidine rings is 1. The van der Waals surface area contributed by atoms with E-state index in [-0.39, 0.29) is 17.6 Å². The summed E-state index contributed by atoms with van der Waals surface area (Å²) in [6.45, 7) is 2.14. The second-order valence-electron chi connectivity index (χ2n) is 7.18. The number of amides is 1.